The van der Waals surface area contributed by atoms with Crippen LogP contribution in [0.3, 0.4) is 0 Å². The number of rotatable bonds is 3. The zero-order valence-electron chi connectivity index (χ0n) is 10.3. The monoisotopic (exact) mass is 237 g/mol. The van der Waals surface area contributed by atoms with Crippen LogP contribution >= 0.6 is 0 Å². The number of nitrogens with one attached hydrogen (secondary N) is 1. The van der Waals surface area contributed by atoms with E-state index in [1.54, 1.807) is 6.92 Å². The van der Waals surface area contributed by atoms with Crippen LogP contribution in [-0.4, -0.2) is 18.3 Å². The van der Waals surface area contributed by atoms with Crippen molar-refractivity contribution in [1.29, 1.82) is 0 Å². The van der Waals surface area contributed by atoms with E-state index in [1.165, 1.54) is 6.42 Å². The topological polar surface area (TPSA) is 12.0 Å². The third-order valence-corrected chi connectivity index (χ3v) is 3.24. The molecule has 1 nitrogen and oxygen atoms in total. The van der Waals surface area contributed by atoms with Gasteiger partial charge in [0.15, 0.2) is 0 Å². The van der Waals surface area contributed by atoms with Crippen molar-refractivity contribution in [1.82, 2.24) is 5.32 Å². The second-order valence-electron chi connectivity index (χ2n) is 5.50. The smallest absolute Gasteiger partial charge is 0.311 e. The van der Waals surface area contributed by atoms with Gasteiger partial charge in [-0.05, 0) is 38.0 Å². The van der Waals surface area contributed by atoms with Crippen molar-refractivity contribution in [2.45, 2.75) is 64.7 Å². The molecule has 0 aromatic carbocycles. The van der Waals surface area contributed by atoms with Gasteiger partial charge >= 0.3 is 6.18 Å². The van der Waals surface area contributed by atoms with Gasteiger partial charge in [0.25, 0.3) is 0 Å². The predicted molar refractivity (Wildman–Crippen MR) is 59.2 cm³/mol. The molecular weight excluding hydrogens is 215 g/mol. The Balaban J connectivity index is 2.35. The van der Waals surface area contributed by atoms with Crippen molar-refractivity contribution in [3.63, 3.8) is 0 Å². The summed E-state index contributed by atoms with van der Waals surface area (Å²) in [5, 5.41) is 3.12. The van der Waals surface area contributed by atoms with Crippen molar-refractivity contribution in [3.8, 4) is 0 Å². The van der Waals surface area contributed by atoms with E-state index in [4.69, 9.17) is 0 Å². The normalized spacial score (nSPS) is 33.8. The van der Waals surface area contributed by atoms with Crippen LogP contribution in [0.5, 0.6) is 0 Å². The van der Waals surface area contributed by atoms with Crippen LogP contribution in [-0.2, 0) is 0 Å². The fourth-order valence-corrected chi connectivity index (χ4v) is 2.89. The van der Waals surface area contributed by atoms with Crippen LogP contribution in [0.2, 0.25) is 0 Å². The molecule has 1 fully saturated rings. The third-order valence-electron chi connectivity index (χ3n) is 3.24. The summed E-state index contributed by atoms with van der Waals surface area (Å²) in [7, 11) is 0. The molecule has 16 heavy (non-hydrogen) atoms. The summed E-state index contributed by atoms with van der Waals surface area (Å²) in [5.74, 6) is 1.25. The molecule has 0 bridgehead atoms. The number of alkyl halides is 3. The highest BCUT2D eigenvalue weighted by Crippen LogP contribution is 2.29. The highest BCUT2D eigenvalue weighted by atomic mass is 19.4. The quantitative estimate of drug-likeness (QED) is 0.788. The summed E-state index contributed by atoms with van der Waals surface area (Å²) in [6.45, 7) is 5.98. The van der Waals surface area contributed by atoms with Crippen LogP contribution in [0.1, 0.15) is 46.5 Å². The van der Waals surface area contributed by atoms with Crippen LogP contribution < -0.4 is 5.32 Å². The van der Waals surface area contributed by atoms with Gasteiger partial charge in [0.05, 0.1) is 6.42 Å². The summed E-state index contributed by atoms with van der Waals surface area (Å²) >= 11 is 0. The third kappa shape index (κ3) is 5.19. The molecule has 1 aliphatic rings. The Morgan fingerprint density at radius 3 is 2.06 bits per heavy atom. The maximum absolute atomic E-state index is 12.2. The lowest BCUT2D eigenvalue weighted by molar-refractivity contribution is -0.139. The van der Waals surface area contributed by atoms with E-state index >= 15 is 0 Å². The van der Waals surface area contributed by atoms with Crippen LogP contribution in [0.25, 0.3) is 0 Å². The first kappa shape index (κ1) is 13.8. The summed E-state index contributed by atoms with van der Waals surface area (Å²) in [6, 6.07) is -0.210. The van der Waals surface area contributed by atoms with Gasteiger partial charge in [0.2, 0.25) is 0 Å². The Bertz CT molecular complexity index is 205. The lowest BCUT2D eigenvalue weighted by Crippen LogP contribution is -2.42. The summed E-state index contributed by atoms with van der Waals surface area (Å²) in [6.07, 6.45) is -1.57. The van der Waals surface area contributed by atoms with Gasteiger partial charge in [-0.2, -0.15) is 13.2 Å². The Morgan fingerprint density at radius 2 is 1.62 bits per heavy atom. The minimum Gasteiger partial charge on any atom is -0.311 e. The zero-order chi connectivity index (χ0) is 12.3. The first-order chi connectivity index (χ1) is 7.26. The van der Waals surface area contributed by atoms with Crippen molar-refractivity contribution < 1.29 is 13.2 Å². The molecule has 0 heterocycles. The molecule has 0 aromatic rings. The van der Waals surface area contributed by atoms with Crippen LogP contribution in [0, 0.1) is 11.8 Å². The standard InChI is InChI=1S/C12H22F3N/c1-8-4-9(2)6-11(5-8)16-10(3)7-12(13,14)15/h8-11,16H,4-7H2,1-3H3. The zero-order valence-corrected chi connectivity index (χ0v) is 10.3. The first-order valence-corrected chi connectivity index (χ1v) is 6.09. The first-order valence-electron chi connectivity index (χ1n) is 6.09. The fourth-order valence-electron chi connectivity index (χ4n) is 2.89. The molecule has 4 heteroatoms. The van der Waals surface area contributed by atoms with E-state index < -0.39 is 18.6 Å². The van der Waals surface area contributed by atoms with Crippen molar-refractivity contribution >= 4 is 0 Å². The van der Waals surface area contributed by atoms with E-state index in [0.717, 1.165) is 12.8 Å². The van der Waals surface area contributed by atoms with E-state index in [1.807, 2.05) is 0 Å². The van der Waals surface area contributed by atoms with Gasteiger partial charge in [-0.15, -0.1) is 0 Å². The average Bonchev–Trinajstić information content (AvgIpc) is 1.96. The molecule has 0 radical (unpaired) electrons. The summed E-state index contributed by atoms with van der Waals surface area (Å²) < 4.78 is 36.5. The number of halogens is 3. The molecular formula is C12H22F3N. The van der Waals surface area contributed by atoms with Gasteiger partial charge in [-0.3, -0.25) is 0 Å². The lowest BCUT2D eigenvalue weighted by Gasteiger charge is -2.34. The van der Waals surface area contributed by atoms with Crippen molar-refractivity contribution in [3.05, 3.63) is 0 Å². The van der Waals surface area contributed by atoms with Gasteiger partial charge in [0, 0.05) is 12.1 Å². The summed E-state index contributed by atoms with van der Waals surface area (Å²) in [5.41, 5.74) is 0. The van der Waals surface area contributed by atoms with E-state index in [-0.39, 0.29) is 6.04 Å². The molecule has 1 rings (SSSR count). The van der Waals surface area contributed by atoms with E-state index in [2.05, 4.69) is 19.2 Å². The average molecular weight is 237 g/mol. The molecule has 3 unspecified atom stereocenters. The molecule has 96 valence electrons. The SMILES string of the molecule is CC1CC(C)CC(NC(C)CC(F)(F)F)C1. The molecule has 0 aliphatic heterocycles. The van der Waals surface area contributed by atoms with Crippen molar-refractivity contribution in [2.75, 3.05) is 0 Å². The molecule has 3 atom stereocenters. The molecule has 1 saturated carbocycles. The highest BCUT2D eigenvalue weighted by Gasteiger charge is 2.32. The maximum Gasteiger partial charge on any atom is 0.390 e. The minimum absolute atomic E-state index is 0.260. The lowest BCUT2D eigenvalue weighted by atomic mass is 9.80. The van der Waals surface area contributed by atoms with Crippen LogP contribution in [0.15, 0.2) is 0 Å². The van der Waals surface area contributed by atoms with Gasteiger partial charge in [-0.1, -0.05) is 13.8 Å². The second-order valence-corrected chi connectivity index (χ2v) is 5.50. The molecule has 0 saturated heterocycles. The van der Waals surface area contributed by atoms with Gasteiger partial charge in [-0.25, -0.2) is 0 Å². The minimum atomic E-state index is -4.06. The molecule has 0 spiro atoms. The molecule has 0 aromatic heterocycles. The Morgan fingerprint density at radius 1 is 1.12 bits per heavy atom. The fraction of sp³-hybridized carbons (Fsp3) is 1.00. The molecule has 1 N–H and O–H groups in total. The van der Waals surface area contributed by atoms with Crippen molar-refractivity contribution in [2.24, 2.45) is 11.8 Å². The molecule has 0 amide bonds. The van der Waals surface area contributed by atoms with Gasteiger partial charge < -0.3 is 5.32 Å². The van der Waals surface area contributed by atoms with Crippen LogP contribution in [0.4, 0.5) is 13.2 Å². The van der Waals surface area contributed by atoms with Gasteiger partial charge in [0.1, 0.15) is 0 Å². The maximum atomic E-state index is 12.2. The Labute approximate surface area is 95.8 Å². The molecule has 1 aliphatic carbocycles. The summed E-state index contributed by atoms with van der Waals surface area (Å²) in [4.78, 5) is 0. The Kier molecular flexibility index (Phi) is 4.65. The number of hydrogen-bond donors (Lipinski definition) is 1. The highest BCUT2D eigenvalue weighted by molar-refractivity contribution is 4.82. The Hall–Kier alpha value is -0.250. The largest absolute Gasteiger partial charge is 0.390 e. The number of hydrogen-bond acceptors (Lipinski definition) is 1. The van der Waals surface area contributed by atoms with E-state index in [0.29, 0.717) is 11.8 Å². The second kappa shape index (κ2) is 5.39. The van der Waals surface area contributed by atoms with E-state index in [9.17, 15) is 13.2 Å². The predicted octanol–water partition coefficient (Wildman–Crippen LogP) is 3.74.